The lowest BCUT2D eigenvalue weighted by Crippen LogP contribution is -2.32. The van der Waals surface area contributed by atoms with E-state index in [2.05, 4.69) is 22.5 Å². The predicted molar refractivity (Wildman–Crippen MR) is 62.2 cm³/mol. The SMILES string of the molecule is C[C@H]1CN=C(Nc2ccccc2)N1.Cl. The van der Waals surface area contributed by atoms with Crippen molar-refractivity contribution < 1.29 is 0 Å². The molecular weight excluding hydrogens is 198 g/mol. The normalized spacial score (nSPS) is 19.2. The summed E-state index contributed by atoms with van der Waals surface area (Å²) in [5.74, 6) is 0.874. The number of anilines is 1. The summed E-state index contributed by atoms with van der Waals surface area (Å²) >= 11 is 0. The number of benzene rings is 1. The summed E-state index contributed by atoms with van der Waals surface area (Å²) in [5, 5.41) is 6.45. The van der Waals surface area contributed by atoms with E-state index in [4.69, 9.17) is 0 Å². The summed E-state index contributed by atoms with van der Waals surface area (Å²) in [6.45, 7) is 2.97. The third-order valence-electron chi connectivity index (χ3n) is 1.94. The van der Waals surface area contributed by atoms with Gasteiger partial charge in [-0.2, -0.15) is 0 Å². The molecule has 0 saturated carbocycles. The zero-order chi connectivity index (χ0) is 9.10. The molecule has 0 unspecified atom stereocenters. The van der Waals surface area contributed by atoms with Crippen molar-refractivity contribution >= 4 is 24.1 Å². The van der Waals surface area contributed by atoms with Gasteiger partial charge >= 0.3 is 0 Å². The minimum absolute atomic E-state index is 0. The Morgan fingerprint density at radius 3 is 2.64 bits per heavy atom. The van der Waals surface area contributed by atoms with Crippen LogP contribution in [-0.2, 0) is 0 Å². The predicted octanol–water partition coefficient (Wildman–Crippen LogP) is 1.87. The molecule has 2 N–H and O–H groups in total. The van der Waals surface area contributed by atoms with Gasteiger partial charge in [-0.1, -0.05) is 18.2 Å². The first-order valence-electron chi connectivity index (χ1n) is 4.47. The molecule has 1 aromatic carbocycles. The van der Waals surface area contributed by atoms with Crippen LogP contribution in [0.15, 0.2) is 35.3 Å². The average Bonchev–Trinajstić information content (AvgIpc) is 2.53. The van der Waals surface area contributed by atoms with Crippen molar-refractivity contribution in [1.82, 2.24) is 5.32 Å². The molecule has 1 aliphatic heterocycles. The van der Waals surface area contributed by atoms with Crippen LogP contribution in [0, 0.1) is 0 Å². The molecular formula is C10H14ClN3. The van der Waals surface area contributed by atoms with E-state index in [0.717, 1.165) is 18.2 Å². The average molecular weight is 212 g/mol. The van der Waals surface area contributed by atoms with Gasteiger partial charge in [0.2, 0.25) is 0 Å². The molecule has 0 saturated heterocycles. The van der Waals surface area contributed by atoms with Gasteiger partial charge < -0.3 is 10.6 Å². The lowest BCUT2D eigenvalue weighted by molar-refractivity contribution is 0.725. The van der Waals surface area contributed by atoms with Crippen LogP contribution < -0.4 is 10.6 Å². The van der Waals surface area contributed by atoms with E-state index in [1.165, 1.54) is 0 Å². The molecule has 0 fully saturated rings. The lowest BCUT2D eigenvalue weighted by atomic mass is 10.3. The van der Waals surface area contributed by atoms with Gasteiger partial charge in [-0.15, -0.1) is 12.4 Å². The molecule has 0 bridgehead atoms. The number of rotatable bonds is 1. The maximum Gasteiger partial charge on any atom is 0.196 e. The van der Waals surface area contributed by atoms with Crippen LogP contribution in [0.25, 0.3) is 0 Å². The number of hydrogen-bond donors (Lipinski definition) is 2. The Hall–Kier alpha value is -1.22. The third-order valence-corrected chi connectivity index (χ3v) is 1.94. The largest absolute Gasteiger partial charge is 0.352 e. The Morgan fingerprint density at radius 2 is 2.07 bits per heavy atom. The van der Waals surface area contributed by atoms with E-state index in [0.29, 0.717) is 6.04 Å². The van der Waals surface area contributed by atoms with Gasteiger partial charge in [0, 0.05) is 11.7 Å². The summed E-state index contributed by atoms with van der Waals surface area (Å²) in [6, 6.07) is 10.5. The molecule has 0 amide bonds. The van der Waals surface area contributed by atoms with Crippen molar-refractivity contribution in [1.29, 1.82) is 0 Å². The molecule has 0 radical (unpaired) electrons. The highest BCUT2D eigenvalue weighted by atomic mass is 35.5. The fourth-order valence-electron chi connectivity index (χ4n) is 1.29. The van der Waals surface area contributed by atoms with Gasteiger partial charge in [-0.25, -0.2) is 0 Å². The molecule has 0 aromatic heterocycles. The number of halogens is 1. The first kappa shape index (κ1) is 10.9. The summed E-state index contributed by atoms with van der Waals surface area (Å²) in [5.41, 5.74) is 1.07. The smallest absolute Gasteiger partial charge is 0.196 e. The fourth-order valence-corrected chi connectivity index (χ4v) is 1.29. The molecule has 3 nitrogen and oxygen atoms in total. The Bertz CT molecular complexity index is 310. The first-order valence-corrected chi connectivity index (χ1v) is 4.47. The maximum absolute atomic E-state index is 4.31. The Kier molecular flexibility index (Phi) is 3.77. The van der Waals surface area contributed by atoms with Gasteiger partial charge in [0.15, 0.2) is 5.96 Å². The molecule has 4 heteroatoms. The molecule has 1 aromatic rings. The van der Waals surface area contributed by atoms with E-state index in [1.54, 1.807) is 0 Å². The zero-order valence-electron chi connectivity index (χ0n) is 8.03. The van der Waals surface area contributed by atoms with Crippen molar-refractivity contribution in [2.24, 2.45) is 4.99 Å². The van der Waals surface area contributed by atoms with Crippen LogP contribution in [0.4, 0.5) is 5.69 Å². The zero-order valence-corrected chi connectivity index (χ0v) is 8.84. The molecule has 0 spiro atoms. The van der Waals surface area contributed by atoms with E-state index in [1.807, 2.05) is 30.3 Å². The summed E-state index contributed by atoms with van der Waals surface area (Å²) in [6.07, 6.45) is 0. The van der Waals surface area contributed by atoms with Crippen LogP contribution in [-0.4, -0.2) is 18.5 Å². The second-order valence-electron chi connectivity index (χ2n) is 3.23. The molecule has 1 heterocycles. The van der Waals surface area contributed by atoms with Gasteiger partial charge in [0.25, 0.3) is 0 Å². The van der Waals surface area contributed by atoms with E-state index >= 15 is 0 Å². The van der Waals surface area contributed by atoms with Crippen molar-refractivity contribution in [3.8, 4) is 0 Å². The summed E-state index contributed by atoms with van der Waals surface area (Å²) in [7, 11) is 0. The van der Waals surface area contributed by atoms with Crippen molar-refractivity contribution in [2.45, 2.75) is 13.0 Å². The number of nitrogens with zero attached hydrogens (tertiary/aromatic N) is 1. The number of guanidine groups is 1. The highest BCUT2D eigenvalue weighted by molar-refractivity contribution is 5.94. The monoisotopic (exact) mass is 211 g/mol. The first-order chi connectivity index (χ1) is 6.34. The maximum atomic E-state index is 4.31. The van der Waals surface area contributed by atoms with Gasteiger partial charge in [-0.05, 0) is 19.1 Å². The lowest BCUT2D eigenvalue weighted by Gasteiger charge is -2.07. The van der Waals surface area contributed by atoms with Crippen LogP contribution in [0.1, 0.15) is 6.92 Å². The number of aliphatic imine (C=N–C) groups is 1. The minimum atomic E-state index is 0. The molecule has 1 aliphatic rings. The molecule has 1 atom stereocenters. The van der Waals surface area contributed by atoms with E-state index < -0.39 is 0 Å². The van der Waals surface area contributed by atoms with E-state index in [9.17, 15) is 0 Å². The van der Waals surface area contributed by atoms with Crippen molar-refractivity contribution in [3.63, 3.8) is 0 Å². The summed E-state index contributed by atoms with van der Waals surface area (Å²) < 4.78 is 0. The number of hydrogen-bond acceptors (Lipinski definition) is 3. The van der Waals surface area contributed by atoms with Crippen LogP contribution in [0.3, 0.4) is 0 Å². The van der Waals surface area contributed by atoms with Gasteiger partial charge in [0.05, 0.1) is 6.54 Å². The van der Waals surface area contributed by atoms with Crippen LogP contribution in [0.2, 0.25) is 0 Å². The van der Waals surface area contributed by atoms with Gasteiger partial charge in [0.1, 0.15) is 0 Å². The molecule has 2 rings (SSSR count). The third kappa shape index (κ3) is 2.64. The standard InChI is InChI=1S/C10H13N3.ClH/c1-8-7-11-10(12-8)13-9-5-3-2-4-6-9;/h2-6,8H,7H2,1H3,(H2,11,12,13);1H/t8-;/m0./s1. The highest BCUT2D eigenvalue weighted by Gasteiger charge is 2.11. The van der Waals surface area contributed by atoms with Crippen molar-refractivity contribution in [2.75, 3.05) is 11.9 Å². The van der Waals surface area contributed by atoms with Gasteiger partial charge in [-0.3, -0.25) is 4.99 Å². The van der Waals surface area contributed by atoms with Crippen LogP contribution in [0.5, 0.6) is 0 Å². The van der Waals surface area contributed by atoms with Crippen LogP contribution >= 0.6 is 12.4 Å². The highest BCUT2D eigenvalue weighted by Crippen LogP contribution is 2.06. The Labute approximate surface area is 90.0 Å². The number of para-hydroxylation sites is 1. The number of nitrogens with one attached hydrogen (secondary N) is 2. The fraction of sp³-hybridized carbons (Fsp3) is 0.300. The molecule has 76 valence electrons. The second-order valence-corrected chi connectivity index (χ2v) is 3.23. The Balaban J connectivity index is 0.000000980. The topological polar surface area (TPSA) is 36.4 Å². The molecule has 0 aliphatic carbocycles. The minimum Gasteiger partial charge on any atom is -0.352 e. The quantitative estimate of drug-likeness (QED) is 0.744. The second kappa shape index (κ2) is 4.86. The summed E-state index contributed by atoms with van der Waals surface area (Å²) in [4.78, 5) is 4.31. The molecule has 14 heavy (non-hydrogen) atoms. The van der Waals surface area contributed by atoms with E-state index in [-0.39, 0.29) is 12.4 Å². The Morgan fingerprint density at radius 1 is 1.36 bits per heavy atom. The van der Waals surface area contributed by atoms with Crippen molar-refractivity contribution in [3.05, 3.63) is 30.3 Å².